The molecule has 0 aliphatic rings. The average Bonchev–Trinajstić information content (AvgIpc) is 2.70. The van der Waals surface area contributed by atoms with Crippen LogP contribution in [0.1, 0.15) is 110 Å². The van der Waals surface area contributed by atoms with Crippen LogP contribution in [0.4, 0.5) is 0 Å². The molecule has 0 unspecified atom stereocenters. The van der Waals surface area contributed by atoms with Gasteiger partial charge < -0.3 is 25.5 Å². The van der Waals surface area contributed by atoms with E-state index in [4.69, 9.17) is 25.5 Å². The zero-order valence-corrected chi connectivity index (χ0v) is 27.2. The maximum atomic E-state index is 10.3. The SMILES string of the molecule is CCCCCCCC/C=C\CCCCCCCC(=O)O.O=C(O)CC(O)(CC(=O)O)C(=O)O.[Zn].[Zn]. The zero-order chi connectivity index (χ0) is 25.5. The van der Waals surface area contributed by atoms with Crippen LogP contribution < -0.4 is 0 Å². The molecule has 9 nitrogen and oxygen atoms in total. The molecular weight excluding hydrogens is 563 g/mol. The number of aliphatic hydroxyl groups is 1. The Hall–Kier alpha value is -1.17. The maximum Gasteiger partial charge on any atom is 0.336 e. The normalized spacial score (nSPS) is 10.5. The van der Waals surface area contributed by atoms with Crippen LogP contribution in [0.2, 0.25) is 0 Å². The first-order chi connectivity index (χ1) is 15.5. The Morgan fingerprint density at radius 3 is 1.31 bits per heavy atom. The molecule has 11 heteroatoms. The van der Waals surface area contributed by atoms with Crippen molar-refractivity contribution in [2.45, 2.75) is 115 Å². The second-order valence-corrected chi connectivity index (χ2v) is 8.21. The fourth-order valence-corrected chi connectivity index (χ4v) is 3.06. The smallest absolute Gasteiger partial charge is 0.336 e. The van der Waals surface area contributed by atoms with Crippen molar-refractivity contribution in [2.75, 3.05) is 0 Å². The van der Waals surface area contributed by atoms with Crippen LogP contribution in [0.3, 0.4) is 0 Å². The van der Waals surface area contributed by atoms with E-state index >= 15 is 0 Å². The standard InChI is InChI=1S/C18H34O2.C6H8O7.2Zn/c1-2-3-4-5-6-7-8-9-10-11-12-13-14-15-16-17-18(19)20;7-3(8)1-6(13,5(11)12)2-4(9)10;;/h9-10H,2-8,11-17H2,1H3,(H,19,20);13H,1-2H2,(H,7,8)(H,9,10)(H,11,12);;/b10-9-;;;. The van der Waals surface area contributed by atoms with E-state index in [9.17, 15) is 19.2 Å². The van der Waals surface area contributed by atoms with E-state index in [0.717, 1.165) is 12.8 Å². The summed E-state index contributed by atoms with van der Waals surface area (Å²) in [6.07, 6.45) is 19.0. The van der Waals surface area contributed by atoms with Crippen LogP contribution >= 0.6 is 0 Å². The molecule has 0 atom stereocenters. The van der Waals surface area contributed by atoms with Crippen molar-refractivity contribution >= 4 is 23.9 Å². The van der Waals surface area contributed by atoms with Gasteiger partial charge in [-0.25, -0.2) is 4.79 Å². The molecule has 0 aliphatic heterocycles. The molecule has 0 aromatic carbocycles. The van der Waals surface area contributed by atoms with Crippen LogP contribution in [0, 0.1) is 0 Å². The molecule has 0 spiro atoms. The quantitative estimate of drug-likeness (QED) is 0.0740. The Morgan fingerprint density at radius 1 is 0.600 bits per heavy atom. The molecule has 0 saturated carbocycles. The summed E-state index contributed by atoms with van der Waals surface area (Å²) in [5.41, 5.74) is -2.74. The number of rotatable bonds is 20. The van der Waals surface area contributed by atoms with E-state index in [1.54, 1.807) is 0 Å². The molecule has 0 bridgehead atoms. The van der Waals surface area contributed by atoms with Crippen LogP contribution in [0.5, 0.6) is 0 Å². The molecule has 0 aliphatic carbocycles. The molecule has 5 N–H and O–H groups in total. The first kappa shape index (κ1) is 41.0. The van der Waals surface area contributed by atoms with Crippen molar-refractivity contribution in [3.8, 4) is 0 Å². The Kier molecular flexibility index (Phi) is 32.1. The third kappa shape index (κ3) is 30.8. The average molecular weight is 605 g/mol. The number of carboxylic acid groups (broad SMARTS) is 4. The third-order valence-electron chi connectivity index (χ3n) is 4.94. The monoisotopic (exact) mass is 602 g/mol. The number of unbranched alkanes of at least 4 members (excludes halogenated alkanes) is 11. The molecule has 0 aromatic rings. The van der Waals surface area contributed by atoms with Gasteiger partial charge in [0, 0.05) is 45.4 Å². The van der Waals surface area contributed by atoms with Crippen molar-refractivity contribution in [2.24, 2.45) is 0 Å². The fourth-order valence-electron chi connectivity index (χ4n) is 3.06. The first-order valence-corrected chi connectivity index (χ1v) is 11.8. The topological polar surface area (TPSA) is 169 Å². The first-order valence-electron chi connectivity index (χ1n) is 11.8. The Balaban J connectivity index is -0.000000281. The molecule has 0 aromatic heterocycles. The Morgan fingerprint density at radius 2 is 0.971 bits per heavy atom. The number of hydrogen-bond donors (Lipinski definition) is 5. The van der Waals surface area contributed by atoms with Gasteiger partial charge in [0.05, 0.1) is 12.8 Å². The summed E-state index contributed by atoms with van der Waals surface area (Å²) < 4.78 is 0. The second kappa shape index (κ2) is 27.4. The molecule has 0 amide bonds. The zero-order valence-electron chi connectivity index (χ0n) is 21.3. The summed E-state index contributed by atoms with van der Waals surface area (Å²) in [6, 6.07) is 0. The summed E-state index contributed by atoms with van der Waals surface area (Å²) in [5.74, 6) is -5.68. The molecule has 0 heterocycles. The molecule has 0 saturated heterocycles. The Labute approximate surface area is 234 Å². The largest absolute Gasteiger partial charge is 0.481 e. The molecule has 0 fully saturated rings. The van der Waals surface area contributed by atoms with Crippen molar-refractivity contribution < 1.29 is 83.7 Å². The molecule has 196 valence electrons. The van der Waals surface area contributed by atoms with Gasteiger partial charge in [0.2, 0.25) is 0 Å². The van der Waals surface area contributed by atoms with Gasteiger partial charge in [0.1, 0.15) is 0 Å². The molecular formula is C24H42O9Zn2. The summed E-state index contributed by atoms with van der Waals surface area (Å²) in [7, 11) is 0. The van der Waals surface area contributed by atoms with Crippen molar-refractivity contribution in [3.05, 3.63) is 12.2 Å². The van der Waals surface area contributed by atoms with Crippen LogP contribution in [0.15, 0.2) is 12.2 Å². The number of hydrogen-bond acceptors (Lipinski definition) is 5. The summed E-state index contributed by atoms with van der Waals surface area (Å²) in [5, 5.41) is 42.3. The van der Waals surface area contributed by atoms with Gasteiger partial charge in [-0.3, -0.25) is 14.4 Å². The summed E-state index contributed by atoms with van der Waals surface area (Å²) in [6.45, 7) is 2.26. The van der Waals surface area contributed by atoms with Crippen molar-refractivity contribution in [1.29, 1.82) is 0 Å². The molecule has 35 heavy (non-hydrogen) atoms. The van der Waals surface area contributed by atoms with Gasteiger partial charge in [-0.2, -0.15) is 0 Å². The van der Waals surface area contributed by atoms with Crippen LogP contribution in [-0.2, 0) is 58.1 Å². The number of carbonyl (C=O) groups is 4. The maximum absolute atomic E-state index is 10.3. The minimum absolute atomic E-state index is 0. The minimum Gasteiger partial charge on any atom is -0.481 e. The predicted molar refractivity (Wildman–Crippen MR) is 124 cm³/mol. The Bertz CT molecular complexity index is 580. The van der Waals surface area contributed by atoms with E-state index in [2.05, 4.69) is 19.1 Å². The van der Waals surface area contributed by atoms with Gasteiger partial charge in [0.15, 0.2) is 5.60 Å². The van der Waals surface area contributed by atoms with Crippen molar-refractivity contribution in [1.82, 2.24) is 0 Å². The van der Waals surface area contributed by atoms with E-state index in [1.165, 1.54) is 70.6 Å². The van der Waals surface area contributed by atoms with Crippen molar-refractivity contribution in [3.63, 3.8) is 0 Å². The second-order valence-electron chi connectivity index (χ2n) is 8.21. The van der Waals surface area contributed by atoms with Crippen LogP contribution in [0.25, 0.3) is 0 Å². The summed E-state index contributed by atoms with van der Waals surface area (Å²) >= 11 is 0. The molecule has 0 rings (SSSR count). The summed E-state index contributed by atoms with van der Waals surface area (Å²) in [4.78, 5) is 40.8. The number of allylic oxidation sites excluding steroid dienone is 2. The van der Waals surface area contributed by atoms with Gasteiger partial charge in [-0.05, 0) is 32.1 Å². The van der Waals surface area contributed by atoms with Crippen LogP contribution in [-0.4, -0.2) is 55.0 Å². The minimum atomic E-state index is -2.74. The van der Waals surface area contributed by atoms with Gasteiger partial charge >= 0.3 is 23.9 Å². The predicted octanol–water partition coefficient (Wildman–Crippen LogP) is 4.86. The number of aliphatic carboxylic acids is 4. The van der Waals surface area contributed by atoms with Gasteiger partial charge in [-0.15, -0.1) is 0 Å². The number of carboxylic acids is 4. The van der Waals surface area contributed by atoms with E-state index in [0.29, 0.717) is 6.42 Å². The fraction of sp³-hybridized carbons (Fsp3) is 0.750. The van der Waals surface area contributed by atoms with E-state index in [-0.39, 0.29) is 39.0 Å². The third-order valence-corrected chi connectivity index (χ3v) is 4.94. The van der Waals surface area contributed by atoms with E-state index in [1.807, 2.05) is 0 Å². The van der Waals surface area contributed by atoms with E-state index < -0.39 is 42.3 Å². The van der Waals surface area contributed by atoms with Gasteiger partial charge in [0.25, 0.3) is 0 Å². The van der Waals surface area contributed by atoms with Gasteiger partial charge in [-0.1, -0.05) is 70.4 Å². The molecule has 0 radical (unpaired) electrons.